The molecule has 2 N–H and O–H groups in total. The third-order valence-electron chi connectivity index (χ3n) is 2.26. The van der Waals surface area contributed by atoms with Gasteiger partial charge in [0.15, 0.2) is 0 Å². The van der Waals surface area contributed by atoms with E-state index in [1.807, 2.05) is 25.9 Å². The molecule has 1 aromatic heterocycles. The topological polar surface area (TPSA) is 82.5 Å². The van der Waals surface area contributed by atoms with E-state index >= 15 is 0 Å². The summed E-state index contributed by atoms with van der Waals surface area (Å²) in [6.45, 7) is 2.61. The van der Waals surface area contributed by atoms with Crippen LogP contribution in [-0.2, 0) is 0 Å². The second-order valence-electron chi connectivity index (χ2n) is 4.37. The first-order valence-corrected chi connectivity index (χ1v) is 5.55. The van der Waals surface area contributed by atoms with Crippen LogP contribution in [0.4, 0.5) is 0 Å². The first-order chi connectivity index (χ1) is 8.40. The van der Waals surface area contributed by atoms with Crippen LogP contribution >= 0.6 is 0 Å². The summed E-state index contributed by atoms with van der Waals surface area (Å²) in [6, 6.07) is 2.76. The highest BCUT2D eigenvalue weighted by Crippen LogP contribution is 2.01. The van der Waals surface area contributed by atoms with Crippen molar-refractivity contribution < 1.29 is 14.7 Å². The maximum atomic E-state index is 11.8. The molecule has 1 amide bonds. The minimum atomic E-state index is -1.06. The molecule has 6 nitrogen and oxygen atoms in total. The molecule has 0 fully saturated rings. The zero-order chi connectivity index (χ0) is 13.7. The molecule has 0 aliphatic heterocycles. The van der Waals surface area contributed by atoms with E-state index in [4.69, 9.17) is 5.11 Å². The normalized spacial score (nSPS) is 12.2. The van der Waals surface area contributed by atoms with Crippen LogP contribution in [-0.4, -0.2) is 53.5 Å². The van der Waals surface area contributed by atoms with Gasteiger partial charge in [-0.1, -0.05) is 0 Å². The highest BCUT2D eigenvalue weighted by molar-refractivity contribution is 5.93. The Labute approximate surface area is 106 Å². The summed E-state index contributed by atoms with van der Waals surface area (Å²) in [5.74, 6) is -1.36. The quantitative estimate of drug-likeness (QED) is 0.794. The van der Waals surface area contributed by atoms with E-state index in [0.29, 0.717) is 0 Å². The number of likely N-dealkylation sites (N-methyl/N-ethyl adjacent to an activating group) is 1. The Hall–Kier alpha value is -1.95. The van der Waals surface area contributed by atoms with E-state index in [2.05, 4.69) is 10.3 Å². The van der Waals surface area contributed by atoms with Crippen LogP contribution in [0.2, 0.25) is 0 Å². The molecule has 0 aliphatic rings. The summed E-state index contributed by atoms with van der Waals surface area (Å²) < 4.78 is 0. The van der Waals surface area contributed by atoms with Gasteiger partial charge in [-0.15, -0.1) is 0 Å². The molecule has 0 bridgehead atoms. The number of nitrogens with zero attached hydrogens (tertiary/aromatic N) is 2. The second-order valence-corrected chi connectivity index (χ2v) is 4.37. The van der Waals surface area contributed by atoms with Gasteiger partial charge in [0.05, 0.1) is 5.56 Å². The molecule has 98 valence electrons. The SMILES string of the molecule is CC(CN(C)C)NC(=O)c1ccc(C(=O)O)cn1. The molecule has 1 unspecified atom stereocenters. The molecule has 0 spiro atoms. The fourth-order valence-electron chi connectivity index (χ4n) is 1.55. The van der Waals surface area contributed by atoms with Gasteiger partial charge in [0.2, 0.25) is 0 Å². The van der Waals surface area contributed by atoms with E-state index in [-0.39, 0.29) is 23.2 Å². The molecule has 18 heavy (non-hydrogen) atoms. The lowest BCUT2D eigenvalue weighted by molar-refractivity contribution is 0.0695. The lowest BCUT2D eigenvalue weighted by Crippen LogP contribution is -2.39. The lowest BCUT2D eigenvalue weighted by Gasteiger charge is -2.17. The molecule has 0 radical (unpaired) electrons. The Morgan fingerprint density at radius 2 is 2.11 bits per heavy atom. The molecule has 0 aliphatic carbocycles. The molecule has 0 aromatic carbocycles. The van der Waals surface area contributed by atoms with Gasteiger partial charge in [0, 0.05) is 18.8 Å². The van der Waals surface area contributed by atoms with Gasteiger partial charge in [-0.3, -0.25) is 9.78 Å². The van der Waals surface area contributed by atoms with Crippen LogP contribution < -0.4 is 5.32 Å². The number of carbonyl (C=O) groups is 2. The first kappa shape index (κ1) is 14.1. The van der Waals surface area contributed by atoms with Gasteiger partial charge in [-0.2, -0.15) is 0 Å². The number of hydrogen-bond acceptors (Lipinski definition) is 4. The van der Waals surface area contributed by atoms with Crippen LogP contribution in [0.15, 0.2) is 18.3 Å². The number of rotatable bonds is 5. The zero-order valence-electron chi connectivity index (χ0n) is 10.7. The Morgan fingerprint density at radius 3 is 2.56 bits per heavy atom. The maximum absolute atomic E-state index is 11.8. The lowest BCUT2D eigenvalue weighted by atomic mass is 10.2. The average Bonchev–Trinajstić information content (AvgIpc) is 2.27. The van der Waals surface area contributed by atoms with E-state index in [9.17, 15) is 9.59 Å². The molecule has 1 rings (SSSR count). The van der Waals surface area contributed by atoms with E-state index in [0.717, 1.165) is 6.54 Å². The summed E-state index contributed by atoms with van der Waals surface area (Å²) >= 11 is 0. The molecule has 1 heterocycles. The first-order valence-electron chi connectivity index (χ1n) is 5.55. The van der Waals surface area contributed by atoms with Crippen LogP contribution in [0.1, 0.15) is 27.8 Å². The standard InChI is InChI=1S/C12H17N3O3/c1-8(7-15(2)3)14-11(16)10-5-4-9(6-13-10)12(17)18/h4-6,8H,7H2,1-3H3,(H,14,16)(H,17,18). The monoisotopic (exact) mass is 251 g/mol. The third-order valence-corrected chi connectivity index (χ3v) is 2.26. The van der Waals surface area contributed by atoms with E-state index < -0.39 is 5.97 Å². The van der Waals surface area contributed by atoms with Gasteiger partial charge < -0.3 is 15.3 Å². The highest BCUT2D eigenvalue weighted by atomic mass is 16.4. The van der Waals surface area contributed by atoms with E-state index in [1.165, 1.54) is 18.3 Å². The smallest absolute Gasteiger partial charge is 0.337 e. The number of carboxylic acid groups (broad SMARTS) is 1. The molecular weight excluding hydrogens is 234 g/mol. The number of pyridine rings is 1. The predicted octanol–water partition coefficient (Wildman–Crippen LogP) is 0.460. The summed E-state index contributed by atoms with van der Waals surface area (Å²) in [4.78, 5) is 28.2. The van der Waals surface area contributed by atoms with Crippen molar-refractivity contribution in [2.75, 3.05) is 20.6 Å². The number of nitrogens with one attached hydrogen (secondary N) is 1. The highest BCUT2D eigenvalue weighted by Gasteiger charge is 2.12. The zero-order valence-corrected chi connectivity index (χ0v) is 10.7. The Morgan fingerprint density at radius 1 is 1.44 bits per heavy atom. The molecule has 6 heteroatoms. The third kappa shape index (κ3) is 4.14. The Bertz CT molecular complexity index is 429. The fraction of sp³-hybridized carbons (Fsp3) is 0.417. The van der Waals surface area contributed by atoms with Crippen molar-refractivity contribution in [3.05, 3.63) is 29.6 Å². The van der Waals surface area contributed by atoms with Gasteiger partial charge in [0.25, 0.3) is 5.91 Å². The number of hydrogen-bond donors (Lipinski definition) is 2. The molecule has 0 saturated heterocycles. The van der Waals surface area contributed by atoms with Crippen LogP contribution in [0.3, 0.4) is 0 Å². The van der Waals surface area contributed by atoms with E-state index in [1.54, 1.807) is 0 Å². The van der Waals surface area contributed by atoms with Crippen molar-refractivity contribution in [2.45, 2.75) is 13.0 Å². The van der Waals surface area contributed by atoms with Crippen molar-refractivity contribution in [3.63, 3.8) is 0 Å². The van der Waals surface area contributed by atoms with Crippen LogP contribution in [0.25, 0.3) is 0 Å². The number of carboxylic acids is 1. The number of aromatic carboxylic acids is 1. The van der Waals surface area contributed by atoms with Gasteiger partial charge in [-0.25, -0.2) is 4.79 Å². The number of amides is 1. The van der Waals surface area contributed by atoms with Gasteiger partial charge in [0.1, 0.15) is 5.69 Å². The van der Waals surface area contributed by atoms with Gasteiger partial charge >= 0.3 is 5.97 Å². The van der Waals surface area contributed by atoms with Crippen molar-refractivity contribution in [1.82, 2.24) is 15.2 Å². The average molecular weight is 251 g/mol. The Balaban J connectivity index is 2.64. The van der Waals surface area contributed by atoms with Crippen LogP contribution in [0.5, 0.6) is 0 Å². The largest absolute Gasteiger partial charge is 0.478 e. The van der Waals surface area contributed by atoms with Crippen molar-refractivity contribution in [3.8, 4) is 0 Å². The molecule has 0 saturated carbocycles. The molecular formula is C12H17N3O3. The maximum Gasteiger partial charge on any atom is 0.337 e. The van der Waals surface area contributed by atoms with Crippen molar-refractivity contribution >= 4 is 11.9 Å². The Kier molecular flexibility index (Phi) is 4.79. The van der Waals surface area contributed by atoms with Crippen LogP contribution in [0, 0.1) is 0 Å². The second kappa shape index (κ2) is 6.11. The summed E-state index contributed by atoms with van der Waals surface area (Å²) in [5, 5.41) is 11.5. The molecule has 1 aromatic rings. The van der Waals surface area contributed by atoms with Crippen molar-refractivity contribution in [1.29, 1.82) is 0 Å². The number of carbonyl (C=O) groups excluding carboxylic acids is 1. The van der Waals surface area contributed by atoms with Crippen molar-refractivity contribution in [2.24, 2.45) is 0 Å². The van der Waals surface area contributed by atoms with Gasteiger partial charge in [-0.05, 0) is 33.2 Å². The number of aromatic nitrogens is 1. The summed E-state index contributed by atoms with van der Waals surface area (Å²) in [5.41, 5.74) is 0.276. The summed E-state index contributed by atoms with van der Waals surface area (Å²) in [6.07, 6.45) is 1.17. The fourth-order valence-corrected chi connectivity index (χ4v) is 1.55. The minimum absolute atomic E-state index is 0.00606. The molecule has 1 atom stereocenters. The summed E-state index contributed by atoms with van der Waals surface area (Å²) in [7, 11) is 3.84. The predicted molar refractivity (Wildman–Crippen MR) is 66.7 cm³/mol. The minimum Gasteiger partial charge on any atom is -0.478 e.